The molecule has 5 aromatic rings. The van der Waals surface area contributed by atoms with Gasteiger partial charge in [-0.2, -0.15) is 9.78 Å². The number of rotatable bonds is 7. The SMILES string of the molecule is CCOc1ccc(C(=O)Nc2cc(-c3cccs3)nn2-c2nc(-c3ccccc3)cc(=O)[nH]2)cc1. The monoisotopic (exact) mass is 483 g/mol. The van der Waals surface area contributed by atoms with E-state index in [-0.39, 0.29) is 17.4 Å². The van der Waals surface area contributed by atoms with Crippen molar-refractivity contribution < 1.29 is 9.53 Å². The number of aromatic nitrogens is 4. The molecule has 5 rings (SSSR count). The molecule has 0 unspecified atom stereocenters. The summed E-state index contributed by atoms with van der Waals surface area (Å²) in [5, 5.41) is 9.49. The van der Waals surface area contributed by atoms with Gasteiger partial charge in [0.1, 0.15) is 17.3 Å². The number of carbonyl (C=O) groups is 1. The van der Waals surface area contributed by atoms with Gasteiger partial charge in [0.15, 0.2) is 0 Å². The van der Waals surface area contributed by atoms with Gasteiger partial charge >= 0.3 is 0 Å². The molecule has 0 spiro atoms. The second kappa shape index (κ2) is 9.78. The van der Waals surface area contributed by atoms with Crippen molar-refractivity contribution >= 4 is 23.1 Å². The number of carbonyl (C=O) groups excluding carboxylic acids is 1. The number of benzene rings is 2. The number of aromatic amines is 1. The van der Waals surface area contributed by atoms with E-state index in [0.717, 1.165) is 10.4 Å². The fraction of sp³-hybridized carbons (Fsp3) is 0.0769. The van der Waals surface area contributed by atoms with Gasteiger partial charge in [-0.15, -0.1) is 11.3 Å². The Bertz CT molecular complexity index is 1510. The Balaban J connectivity index is 1.54. The third-order valence-corrected chi connectivity index (χ3v) is 6.04. The lowest BCUT2D eigenvalue weighted by Crippen LogP contribution is -2.18. The van der Waals surface area contributed by atoms with Crippen molar-refractivity contribution in [3.8, 4) is 33.5 Å². The van der Waals surface area contributed by atoms with Crippen LogP contribution in [0.15, 0.2) is 89.0 Å². The molecule has 0 aliphatic carbocycles. The van der Waals surface area contributed by atoms with E-state index in [1.807, 2.05) is 54.8 Å². The molecule has 3 heterocycles. The highest BCUT2D eigenvalue weighted by atomic mass is 32.1. The second-order valence-electron chi connectivity index (χ2n) is 7.54. The highest BCUT2D eigenvalue weighted by Crippen LogP contribution is 2.28. The Hall–Kier alpha value is -4.50. The third kappa shape index (κ3) is 4.90. The first-order valence-corrected chi connectivity index (χ1v) is 11.8. The van der Waals surface area contributed by atoms with Crippen LogP contribution in [0, 0.1) is 0 Å². The lowest BCUT2D eigenvalue weighted by Gasteiger charge is -2.10. The van der Waals surface area contributed by atoms with E-state index in [9.17, 15) is 9.59 Å². The first-order chi connectivity index (χ1) is 17.1. The van der Waals surface area contributed by atoms with Crippen molar-refractivity contribution in [1.82, 2.24) is 19.7 Å². The standard InChI is InChI=1S/C26H21N5O3S/c1-2-34-19-12-10-18(11-13-19)25(33)28-23-15-21(22-9-6-14-35-22)30-31(23)26-27-20(16-24(32)29-26)17-7-4-3-5-8-17/h3-16H,2H2,1H3,(H,28,33)(H,27,29,32). The predicted molar refractivity (Wildman–Crippen MR) is 136 cm³/mol. The highest BCUT2D eigenvalue weighted by molar-refractivity contribution is 7.13. The number of ether oxygens (including phenoxy) is 1. The van der Waals surface area contributed by atoms with Gasteiger partial charge in [0, 0.05) is 23.3 Å². The maximum absolute atomic E-state index is 13.0. The molecule has 9 heteroatoms. The zero-order valence-corrected chi connectivity index (χ0v) is 19.6. The third-order valence-electron chi connectivity index (χ3n) is 5.15. The van der Waals surface area contributed by atoms with Crippen molar-refractivity contribution in [2.24, 2.45) is 0 Å². The summed E-state index contributed by atoms with van der Waals surface area (Å²) in [6, 6.07) is 23.3. The van der Waals surface area contributed by atoms with Crippen LogP contribution < -0.4 is 15.6 Å². The summed E-state index contributed by atoms with van der Waals surface area (Å²) in [4.78, 5) is 33.8. The Morgan fingerprint density at radius 2 is 1.83 bits per heavy atom. The number of thiophene rings is 1. The van der Waals surface area contributed by atoms with Gasteiger partial charge in [-0.3, -0.25) is 14.6 Å². The summed E-state index contributed by atoms with van der Waals surface area (Å²) in [7, 11) is 0. The van der Waals surface area contributed by atoms with Crippen LogP contribution in [0.3, 0.4) is 0 Å². The number of hydrogen-bond acceptors (Lipinski definition) is 6. The number of hydrogen-bond donors (Lipinski definition) is 2. The quantitative estimate of drug-likeness (QED) is 0.339. The van der Waals surface area contributed by atoms with Gasteiger partial charge < -0.3 is 10.1 Å². The average molecular weight is 484 g/mol. The van der Waals surface area contributed by atoms with Crippen molar-refractivity contribution in [2.45, 2.75) is 6.92 Å². The Labute approximate surface area is 204 Å². The Morgan fingerprint density at radius 3 is 2.54 bits per heavy atom. The van der Waals surface area contributed by atoms with E-state index in [4.69, 9.17) is 4.74 Å². The van der Waals surface area contributed by atoms with Crippen LogP contribution in [0.2, 0.25) is 0 Å². The van der Waals surface area contributed by atoms with E-state index < -0.39 is 0 Å². The average Bonchev–Trinajstić information content (AvgIpc) is 3.55. The molecular weight excluding hydrogens is 462 g/mol. The van der Waals surface area contributed by atoms with Crippen molar-refractivity contribution in [2.75, 3.05) is 11.9 Å². The molecule has 35 heavy (non-hydrogen) atoms. The largest absolute Gasteiger partial charge is 0.494 e. The molecule has 0 bridgehead atoms. The minimum absolute atomic E-state index is 0.196. The minimum Gasteiger partial charge on any atom is -0.494 e. The number of anilines is 1. The van der Waals surface area contributed by atoms with Crippen LogP contribution in [0.1, 0.15) is 17.3 Å². The molecule has 1 amide bonds. The fourth-order valence-corrected chi connectivity index (χ4v) is 4.22. The summed E-state index contributed by atoms with van der Waals surface area (Å²) in [6.07, 6.45) is 0. The lowest BCUT2D eigenvalue weighted by atomic mass is 10.1. The van der Waals surface area contributed by atoms with E-state index in [2.05, 4.69) is 20.4 Å². The van der Waals surface area contributed by atoms with Crippen LogP contribution in [-0.2, 0) is 0 Å². The maximum atomic E-state index is 13.0. The van der Waals surface area contributed by atoms with Crippen LogP contribution >= 0.6 is 11.3 Å². The minimum atomic E-state index is -0.328. The summed E-state index contributed by atoms with van der Waals surface area (Å²) in [6.45, 7) is 2.45. The zero-order valence-electron chi connectivity index (χ0n) is 18.8. The lowest BCUT2D eigenvalue weighted by molar-refractivity contribution is 0.102. The number of nitrogens with zero attached hydrogens (tertiary/aromatic N) is 3. The topological polar surface area (TPSA) is 102 Å². The fourth-order valence-electron chi connectivity index (χ4n) is 3.54. The predicted octanol–water partition coefficient (Wildman–Crippen LogP) is 5.00. The molecule has 3 aromatic heterocycles. The van der Waals surface area contributed by atoms with Crippen LogP contribution in [0.5, 0.6) is 5.75 Å². The highest BCUT2D eigenvalue weighted by Gasteiger charge is 2.18. The van der Waals surface area contributed by atoms with Crippen LogP contribution in [0.4, 0.5) is 5.82 Å². The molecule has 0 radical (unpaired) electrons. The van der Waals surface area contributed by atoms with Gasteiger partial charge in [0.25, 0.3) is 11.5 Å². The van der Waals surface area contributed by atoms with Crippen LogP contribution in [-0.4, -0.2) is 32.3 Å². The summed E-state index contributed by atoms with van der Waals surface area (Å²) in [5.74, 6) is 0.934. The van der Waals surface area contributed by atoms with Crippen LogP contribution in [0.25, 0.3) is 27.8 Å². The molecule has 0 atom stereocenters. The van der Waals surface area contributed by atoms with E-state index in [1.54, 1.807) is 30.3 Å². The molecule has 0 saturated carbocycles. The number of nitrogens with one attached hydrogen (secondary N) is 2. The van der Waals surface area contributed by atoms with Gasteiger partial charge in [-0.1, -0.05) is 36.4 Å². The summed E-state index contributed by atoms with van der Waals surface area (Å²) >= 11 is 1.52. The number of amides is 1. The molecule has 8 nitrogen and oxygen atoms in total. The van der Waals surface area contributed by atoms with Gasteiger partial charge in [-0.25, -0.2) is 4.98 Å². The summed E-state index contributed by atoms with van der Waals surface area (Å²) < 4.78 is 6.89. The normalized spacial score (nSPS) is 10.8. The zero-order chi connectivity index (χ0) is 24.2. The molecular formula is C26H21N5O3S. The second-order valence-corrected chi connectivity index (χ2v) is 8.48. The Morgan fingerprint density at radius 1 is 1.03 bits per heavy atom. The van der Waals surface area contributed by atoms with E-state index in [1.165, 1.54) is 22.1 Å². The van der Waals surface area contributed by atoms with Gasteiger partial charge in [0.05, 0.1) is 17.2 Å². The number of H-pyrrole nitrogens is 1. The first-order valence-electron chi connectivity index (χ1n) is 11.0. The maximum Gasteiger partial charge on any atom is 0.256 e. The molecule has 2 N–H and O–H groups in total. The molecule has 0 saturated heterocycles. The van der Waals surface area contributed by atoms with Crippen molar-refractivity contribution in [3.63, 3.8) is 0 Å². The van der Waals surface area contributed by atoms with Gasteiger partial charge in [-0.05, 0) is 42.6 Å². The van der Waals surface area contributed by atoms with Gasteiger partial charge in [0.2, 0.25) is 5.95 Å². The summed E-state index contributed by atoms with van der Waals surface area (Å²) in [5.41, 5.74) is 2.07. The smallest absolute Gasteiger partial charge is 0.256 e. The Kier molecular flexibility index (Phi) is 6.23. The van der Waals surface area contributed by atoms with Crippen molar-refractivity contribution in [1.29, 1.82) is 0 Å². The molecule has 0 aliphatic rings. The van der Waals surface area contributed by atoms with Crippen molar-refractivity contribution in [3.05, 3.63) is 100 Å². The molecule has 174 valence electrons. The molecule has 0 aliphatic heterocycles. The molecule has 2 aromatic carbocycles. The molecule has 0 fully saturated rings. The van der Waals surface area contributed by atoms with E-state index >= 15 is 0 Å². The first kappa shape index (κ1) is 22.3. The van der Waals surface area contributed by atoms with E-state index in [0.29, 0.717) is 35.1 Å².